The molecule has 30 heavy (non-hydrogen) atoms. The molecule has 2 heterocycles. The number of nitrogens with one attached hydrogen (secondary N) is 2. The lowest BCUT2D eigenvalue weighted by molar-refractivity contribution is -0.129. The number of aryl methyl sites for hydroxylation is 2. The number of guanidine groups is 1. The van der Waals surface area contributed by atoms with Gasteiger partial charge >= 0.3 is 0 Å². The SMILES string of the molecule is CCNC(=NCc1csc(CCc2ccccc2)n1)NC1CCN(C(=O)CC)C1.I. The van der Waals surface area contributed by atoms with Crippen LogP contribution in [0.5, 0.6) is 0 Å². The van der Waals surface area contributed by atoms with Crippen molar-refractivity contribution in [1.29, 1.82) is 0 Å². The van der Waals surface area contributed by atoms with E-state index in [1.165, 1.54) is 5.56 Å². The van der Waals surface area contributed by atoms with Crippen LogP contribution in [0.15, 0.2) is 40.7 Å². The van der Waals surface area contributed by atoms with Gasteiger partial charge in [-0.2, -0.15) is 0 Å². The quantitative estimate of drug-likeness (QED) is 0.305. The van der Waals surface area contributed by atoms with Gasteiger partial charge in [-0.15, -0.1) is 35.3 Å². The first-order valence-corrected chi connectivity index (χ1v) is 11.4. The van der Waals surface area contributed by atoms with Crippen LogP contribution in [0.25, 0.3) is 0 Å². The first-order chi connectivity index (χ1) is 14.2. The predicted octanol–water partition coefficient (Wildman–Crippen LogP) is 3.61. The minimum atomic E-state index is 0. The number of carbonyl (C=O) groups excluding carboxylic acids is 1. The predicted molar refractivity (Wildman–Crippen MR) is 135 cm³/mol. The lowest BCUT2D eigenvalue weighted by Gasteiger charge is -2.18. The molecule has 0 spiro atoms. The number of benzene rings is 1. The van der Waals surface area contributed by atoms with Crippen molar-refractivity contribution in [2.75, 3.05) is 19.6 Å². The van der Waals surface area contributed by atoms with Crippen LogP contribution in [0.1, 0.15) is 43.0 Å². The highest BCUT2D eigenvalue weighted by Gasteiger charge is 2.25. The molecule has 0 aliphatic carbocycles. The van der Waals surface area contributed by atoms with E-state index in [2.05, 4.69) is 47.2 Å². The Morgan fingerprint density at radius 1 is 1.27 bits per heavy atom. The van der Waals surface area contributed by atoms with Crippen molar-refractivity contribution < 1.29 is 4.79 Å². The van der Waals surface area contributed by atoms with Gasteiger partial charge in [0.05, 0.1) is 17.2 Å². The van der Waals surface area contributed by atoms with Crippen molar-refractivity contribution in [3.8, 4) is 0 Å². The zero-order chi connectivity index (χ0) is 20.5. The maximum Gasteiger partial charge on any atom is 0.222 e. The Kier molecular flexibility index (Phi) is 10.6. The maximum atomic E-state index is 11.9. The molecule has 1 amide bonds. The lowest BCUT2D eigenvalue weighted by Crippen LogP contribution is -2.45. The smallest absolute Gasteiger partial charge is 0.222 e. The number of aromatic nitrogens is 1. The van der Waals surface area contributed by atoms with Gasteiger partial charge in [-0.1, -0.05) is 37.3 Å². The van der Waals surface area contributed by atoms with Crippen LogP contribution in [0.4, 0.5) is 0 Å². The van der Waals surface area contributed by atoms with Gasteiger partial charge in [-0.05, 0) is 25.3 Å². The number of nitrogens with zero attached hydrogens (tertiary/aromatic N) is 3. The average Bonchev–Trinajstić information content (AvgIpc) is 3.40. The molecule has 0 bridgehead atoms. The van der Waals surface area contributed by atoms with Gasteiger partial charge in [-0.3, -0.25) is 4.79 Å². The summed E-state index contributed by atoms with van der Waals surface area (Å²) in [5, 5.41) is 10.0. The summed E-state index contributed by atoms with van der Waals surface area (Å²) in [5.74, 6) is 1.02. The van der Waals surface area contributed by atoms with E-state index in [1.54, 1.807) is 11.3 Å². The van der Waals surface area contributed by atoms with Crippen LogP contribution in [0, 0.1) is 0 Å². The van der Waals surface area contributed by atoms with E-state index in [0.717, 1.165) is 55.6 Å². The average molecular weight is 542 g/mol. The molecular formula is C22H32IN5OS. The van der Waals surface area contributed by atoms with Crippen molar-refractivity contribution >= 4 is 47.2 Å². The van der Waals surface area contributed by atoms with Crippen LogP contribution in [-0.4, -0.2) is 47.4 Å². The number of carbonyl (C=O) groups is 1. The molecule has 1 aromatic carbocycles. The van der Waals surface area contributed by atoms with Crippen molar-refractivity contribution in [3.63, 3.8) is 0 Å². The van der Waals surface area contributed by atoms with Gasteiger partial charge in [-0.25, -0.2) is 9.98 Å². The fourth-order valence-electron chi connectivity index (χ4n) is 3.43. The van der Waals surface area contributed by atoms with E-state index < -0.39 is 0 Å². The molecule has 164 valence electrons. The minimum absolute atomic E-state index is 0. The molecule has 0 saturated carbocycles. The summed E-state index contributed by atoms with van der Waals surface area (Å²) in [7, 11) is 0. The fourth-order valence-corrected chi connectivity index (χ4v) is 4.22. The lowest BCUT2D eigenvalue weighted by atomic mass is 10.1. The van der Waals surface area contributed by atoms with Gasteiger partial charge in [0.15, 0.2) is 5.96 Å². The number of aliphatic imine (C=N–C) groups is 1. The van der Waals surface area contributed by atoms with Gasteiger partial charge in [0.1, 0.15) is 0 Å². The largest absolute Gasteiger partial charge is 0.357 e. The molecule has 3 rings (SSSR count). The zero-order valence-corrected chi connectivity index (χ0v) is 20.9. The van der Waals surface area contributed by atoms with Gasteiger partial charge in [0.25, 0.3) is 0 Å². The molecule has 2 aromatic rings. The highest BCUT2D eigenvalue weighted by molar-refractivity contribution is 14.0. The second-order valence-corrected chi connectivity index (χ2v) is 8.18. The van der Waals surface area contributed by atoms with E-state index in [-0.39, 0.29) is 35.9 Å². The second-order valence-electron chi connectivity index (χ2n) is 7.24. The van der Waals surface area contributed by atoms with Crippen molar-refractivity contribution in [2.45, 2.75) is 52.1 Å². The third-order valence-corrected chi connectivity index (χ3v) is 5.95. The number of hydrogen-bond acceptors (Lipinski definition) is 4. The van der Waals surface area contributed by atoms with Crippen LogP contribution in [0.2, 0.25) is 0 Å². The van der Waals surface area contributed by atoms with E-state index in [4.69, 9.17) is 9.98 Å². The highest BCUT2D eigenvalue weighted by atomic mass is 127. The Morgan fingerprint density at radius 3 is 2.80 bits per heavy atom. The van der Waals surface area contributed by atoms with Gasteiger partial charge in [0, 0.05) is 43.9 Å². The first kappa shape index (κ1) is 24.6. The van der Waals surface area contributed by atoms with Crippen LogP contribution >= 0.6 is 35.3 Å². The molecule has 0 radical (unpaired) electrons. The molecule has 1 unspecified atom stereocenters. The highest BCUT2D eigenvalue weighted by Crippen LogP contribution is 2.14. The minimum Gasteiger partial charge on any atom is -0.357 e. The fraction of sp³-hybridized carbons (Fsp3) is 0.500. The van der Waals surface area contributed by atoms with Crippen molar-refractivity contribution in [3.05, 3.63) is 52.0 Å². The van der Waals surface area contributed by atoms with E-state index in [9.17, 15) is 4.79 Å². The third-order valence-electron chi connectivity index (χ3n) is 5.00. The first-order valence-electron chi connectivity index (χ1n) is 10.5. The van der Waals surface area contributed by atoms with E-state index in [0.29, 0.717) is 13.0 Å². The molecule has 8 heteroatoms. The molecule has 1 aliphatic heterocycles. The van der Waals surface area contributed by atoms with E-state index in [1.807, 2.05) is 17.9 Å². The van der Waals surface area contributed by atoms with Crippen molar-refractivity contribution in [1.82, 2.24) is 20.5 Å². The summed E-state index contributed by atoms with van der Waals surface area (Å²) in [5.41, 5.74) is 2.34. The third kappa shape index (κ3) is 7.54. The van der Waals surface area contributed by atoms with Gasteiger partial charge in [0.2, 0.25) is 5.91 Å². The standard InChI is InChI=1S/C22H31N5OS.HI/c1-3-21(28)27-13-12-18(15-27)26-22(23-4-2)24-14-19-16-29-20(25-19)11-10-17-8-6-5-7-9-17;/h5-9,16,18H,3-4,10-15H2,1-2H3,(H2,23,24,26);1H. The number of thiazole rings is 1. The van der Waals surface area contributed by atoms with Crippen LogP contribution in [-0.2, 0) is 24.2 Å². The molecule has 1 aromatic heterocycles. The molecule has 1 saturated heterocycles. The summed E-state index contributed by atoms with van der Waals surface area (Å²) >= 11 is 1.71. The van der Waals surface area contributed by atoms with Crippen LogP contribution < -0.4 is 10.6 Å². The Morgan fingerprint density at radius 2 is 2.07 bits per heavy atom. The Balaban J connectivity index is 0.00000320. The van der Waals surface area contributed by atoms with Crippen LogP contribution in [0.3, 0.4) is 0 Å². The maximum absolute atomic E-state index is 11.9. The Bertz CT molecular complexity index is 811. The zero-order valence-electron chi connectivity index (χ0n) is 17.8. The summed E-state index contributed by atoms with van der Waals surface area (Å²) in [6, 6.07) is 10.8. The molecular weight excluding hydrogens is 509 g/mol. The monoisotopic (exact) mass is 541 g/mol. The number of hydrogen-bond donors (Lipinski definition) is 2. The Labute approximate surface area is 200 Å². The molecule has 1 aliphatic rings. The molecule has 1 fully saturated rings. The molecule has 6 nitrogen and oxygen atoms in total. The number of amides is 1. The van der Waals surface area contributed by atoms with E-state index >= 15 is 0 Å². The number of halogens is 1. The second kappa shape index (κ2) is 12.9. The Hall–Kier alpha value is -1.68. The van der Waals surface area contributed by atoms with Gasteiger partial charge < -0.3 is 15.5 Å². The topological polar surface area (TPSA) is 69.6 Å². The summed E-state index contributed by atoms with van der Waals surface area (Å²) < 4.78 is 0. The molecule has 2 N–H and O–H groups in total. The summed E-state index contributed by atoms with van der Waals surface area (Å²) in [4.78, 5) is 23.2. The summed E-state index contributed by atoms with van der Waals surface area (Å²) in [6.45, 7) is 6.90. The number of likely N-dealkylation sites (tertiary alicyclic amines) is 1. The summed E-state index contributed by atoms with van der Waals surface area (Å²) in [6.07, 6.45) is 3.49. The van der Waals surface area contributed by atoms with Crippen molar-refractivity contribution in [2.24, 2.45) is 4.99 Å². The number of rotatable bonds is 8. The molecule has 1 atom stereocenters. The normalized spacial score (nSPS) is 16.3.